The van der Waals surface area contributed by atoms with Crippen molar-refractivity contribution in [2.24, 2.45) is 0 Å². The van der Waals surface area contributed by atoms with Crippen LogP contribution in [0.2, 0.25) is 0 Å². The second-order valence-corrected chi connectivity index (χ2v) is 6.55. The summed E-state index contributed by atoms with van der Waals surface area (Å²) in [5.74, 6) is 0.730. The summed E-state index contributed by atoms with van der Waals surface area (Å²) in [6.07, 6.45) is 4.81. The number of hydrogen-bond acceptors (Lipinski definition) is 6. The average Bonchev–Trinajstić information content (AvgIpc) is 3.32. The number of carbonyl (C=O) groups is 1. The van der Waals surface area contributed by atoms with Gasteiger partial charge in [-0.3, -0.25) is 4.79 Å². The first-order valence-corrected chi connectivity index (χ1v) is 8.76. The first kappa shape index (κ1) is 16.4. The Balaban J connectivity index is 1.35. The molecule has 0 aliphatic heterocycles. The highest BCUT2D eigenvalue weighted by Gasteiger charge is 2.26. The van der Waals surface area contributed by atoms with E-state index < -0.39 is 0 Å². The third kappa shape index (κ3) is 3.35. The number of oxazole rings is 1. The molecule has 134 valence electrons. The highest BCUT2D eigenvalue weighted by atomic mass is 16.3. The predicted octanol–water partition coefficient (Wildman–Crippen LogP) is 2.55. The lowest BCUT2D eigenvalue weighted by atomic mass is 9.91. The van der Waals surface area contributed by atoms with Crippen LogP contribution < -0.4 is 5.32 Å². The van der Waals surface area contributed by atoms with E-state index in [-0.39, 0.29) is 23.8 Å². The number of benzene rings is 1. The van der Waals surface area contributed by atoms with E-state index in [1.165, 1.54) is 6.39 Å². The summed E-state index contributed by atoms with van der Waals surface area (Å²) in [5, 5.41) is 15.9. The Hall–Kier alpha value is -3.03. The van der Waals surface area contributed by atoms with Crippen LogP contribution in [0.5, 0.6) is 0 Å². The van der Waals surface area contributed by atoms with E-state index in [2.05, 4.69) is 25.7 Å². The second-order valence-electron chi connectivity index (χ2n) is 6.55. The van der Waals surface area contributed by atoms with Crippen molar-refractivity contribution in [3.8, 4) is 11.4 Å². The maximum absolute atomic E-state index is 12.2. The van der Waals surface area contributed by atoms with Gasteiger partial charge in [0.25, 0.3) is 5.91 Å². The van der Waals surface area contributed by atoms with Gasteiger partial charge in [-0.2, -0.15) is 4.80 Å². The van der Waals surface area contributed by atoms with Gasteiger partial charge in [0.1, 0.15) is 0 Å². The predicted molar refractivity (Wildman–Crippen MR) is 93.3 cm³/mol. The van der Waals surface area contributed by atoms with Crippen molar-refractivity contribution >= 4 is 5.91 Å². The number of nitrogens with zero attached hydrogens (tertiary/aromatic N) is 5. The number of aromatic nitrogens is 5. The van der Waals surface area contributed by atoms with Crippen LogP contribution in [0, 0.1) is 6.92 Å². The molecule has 1 aliphatic carbocycles. The van der Waals surface area contributed by atoms with E-state index >= 15 is 0 Å². The van der Waals surface area contributed by atoms with Crippen molar-refractivity contribution in [3.05, 3.63) is 48.2 Å². The van der Waals surface area contributed by atoms with E-state index in [0.29, 0.717) is 11.5 Å². The maximum Gasteiger partial charge on any atom is 0.289 e. The van der Waals surface area contributed by atoms with E-state index in [1.54, 1.807) is 11.7 Å². The topological polar surface area (TPSA) is 98.7 Å². The summed E-state index contributed by atoms with van der Waals surface area (Å²) in [5.41, 5.74) is 1.57. The summed E-state index contributed by atoms with van der Waals surface area (Å²) >= 11 is 0. The Morgan fingerprint density at radius 1 is 1.19 bits per heavy atom. The number of nitrogens with one attached hydrogen (secondary N) is 1. The van der Waals surface area contributed by atoms with Gasteiger partial charge in [-0.05, 0) is 37.8 Å². The van der Waals surface area contributed by atoms with Gasteiger partial charge in [0.15, 0.2) is 6.39 Å². The minimum atomic E-state index is -0.200. The first-order valence-electron chi connectivity index (χ1n) is 8.76. The molecule has 1 aliphatic rings. The molecule has 0 saturated heterocycles. The van der Waals surface area contributed by atoms with Crippen molar-refractivity contribution in [1.29, 1.82) is 0 Å². The number of hydrogen-bond donors (Lipinski definition) is 1. The largest absolute Gasteiger partial charge is 0.438 e. The zero-order valence-electron chi connectivity index (χ0n) is 14.5. The molecular weight excluding hydrogens is 332 g/mol. The molecule has 1 aromatic carbocycles. The highest BCUT2D eigenvalue weighted by Crippen LogP contribution is 2.28. The molecule has 8 nitrogen and oxygen atoms in total. The molecule has 1 N–H and O–H groups in total. The Morgan fingerprint density at radius 2 is 1.96 bits per heavy atom. The summed E-state index contributed by atoms with van der Waals surface area (Å²) in [6, 6.07) is 10.2. The van der Waals surface area contributed by atoms with Gasteiger partial charge < -0.3 is 9.73 Å². The fourth-order valence-corrected chi connectivity index (χ4v) is 3.30. The zero-order valence-corrected chi connectivity index (χ0v) is 14.5. The number of rotatable bonds is 4. The Morgan fingerprint density at radius 3 is 2.65 bits per heavy atom. The molecule has 8 heteroatoms. The lowest BCUT2D eigenvalue weighted by Gasteiger charge is -2.27. The van der Waals surface area contributed by atoms with Crippen molar-refractivity contribution in [3.63, 3.8) is 0 Å². The molecule has 0 radical (unpaired) electrons. The Kier molecular flexibility index (Phi) is 4.47. The Labute approximate surface area is 150 Å². The molecule has 0 spiro atoms. The molecule has 4 rings (SSSR count). The lowest BCUT2D eigenvalue weighted by molar-refractivity contribution is 0.0891. The second kappa shape index (κ2) is 7.07. The molecule has 0 atom stereocenters. The van der Waals surface area contributed by atoms with Crippen molar-refractivity contribution in [1.82, 2.24) is 30.5 Å². The average molecular weight is 352 g/mol. The molecule has 26 heavy (non-hydrogen) atoms. The van der Waals surface area contributed by atoms with Crippen LogP contribution in [-0.2, 0) is 0 Å². The van der Waals surface area contributed by atoms with E-state index in [1.807, 2.05) is 30.3 Å². The third-order valence-electron chi connectivity index (χ3n) is 4.77. The van der Waals surface area contributed by atoms with Crippen LogP contribution in [0.3, 0.4) is 0 Å². The smallest absolute Gasteiger partial charge is 0.289 e. The van der Waals surface area contributed by atoms with E-state index in [9.17, 15) is 4.79 Å². The molecule has 3 aromatic rings. The third-order valence-corrected chi connectivity index (χ3v) is 4.77. The lowest BCUT2D eigenvalue weighted by Crippen LogP contribution is -2.38. The number of carbonyl (C=O) groups excluding carboxylic acids is 1. The van der Waals surface area contributed by atoms with Gasteiger partial charge in [0.05, 0.1) is 11.7 Å². The van der Waals surface area contributed by atoms with Crippen LogP contribution in [0.25, 0.3) is 11.4 Å². The van der Waals surface area contributed by atoms with Gasteiger partial charge in [-0.25, -0.2) is 4.98 Å². The van der Waals surface area contributed by atoms with Crippen LogP contribution in [0.1, 0.15) is 48.0 Å². The van der Waals surface area contributed by atoms with Crippen LogP contribution in [-0.4, -0.2) is 37.1 Å². The molecule has 1 saturated carbocycles. The summed E-state index contributed by atoms with van der Waals surface area (Å²) in [7, 11) is 0. The molecule has 2 heterocycles. The number of tetrazole rings is 1. The Bertz CT molecular complexity index is 880. The van der Waals surface area contributed by atoms with Gasteiger partial charge in [-0.15, -0.1) is 10.2 Å². The van der Waals surface area contributed by atoms with Crippen molar-refractivity contribution in [2.45, 2.75) is 44.7 Å². The molecule has 0 bridgehead atoms. The fraction of sp³-hybridized carbons (Fsp3) is 0.389. The van der Waals surface area contributed by atoms with Crippen molar-refractivity contribution < 1.29 is 9.21 Å². The van der Waals surface area contributed by atoms with Gasteiger partial charge in [-0.1, -0.05) is 30.3 Å². The van der Waals surface area contributed by atoms with Crippen LogP contribution >= 0.6 is 0 Å². The van der Waals surface area contributed by atoms with Gasteiger partial charge >= 0.3 is 0 Å². The minimum Gasteiger partial charge on any atom is -0.438 e. The molecular formula is C18H20N6O2. The zero-order chi connectivity index (χ0) is 17.9. The van der Waals surface area contributed by atoms with Gasteiger partial charge in [0, 0.05) is 11.6 Å². The quantitative estimate of drug-likeness (QED) is 0.775. The molecule has 1 fully saturated rings. The van der Waals surface area contributed by atoms with Gasteiger partial charge in [0.2, 0.25) is 11.6 Å². The fourth-order valence-electron chi connectivity index (χ4n) is 3.30. The molecule has 1 amide bonds. The minimum absolute atomic E-state index is 0.125. The maximum atomic E-state index is 12.2. The molecule has 0 unspecified atom stereocenters. The summed E-state index contributed by atoms with van der Waals surface area (Å²) < 4.78 is 5.15. The summed E-state index contributed by atoms with van der Waals surface area (Å²) in [6.45, 7) is 1.76. The first-order chi connectivity index (χ1) is 12.7. The molecule has 2 aromatic heterocycles. The van der Waals surface area contributed by atoms with Crippen LogP contribution in [0.15, 0.2) is 41.1 Å². The monoisotopic (exact) mass is 352 g/mol. The van der Waals surface area contributed by atoms with Crippen molar-refractivity contribution in [2.75, 3.05) is 0 Å². The van der Waals surface area contributed by atoms with E-state index in [0.717, 1.165) is 31.2 Å². The SMILES string of the molecule is Cc1ncoc1C(=O)NC1CCC(n2nnc(-c3ccccc3)n2)CC1. The summed E-state index contributed by atoms with van der Waals surface area (Å²) in [4.78, 5) is 17.9. The standard InChI is InChI=1S/C18H20N6O2/c1-12-16(26-11-19-12)18(25)20-14-7-9-15(10-8-14)24-22-17(21-23-24)13-5-3-2-4-6-13/h2-6,11,14-15H,7-10H2,1H3,(H,20,25). The van der Waals surface area contributed by atoms with E-state index in [4.69, 9.17) is 4.42 Å². The van der Waals surface area contributed by atoms with Crippen LogP contribution in [0.4, 0.5) is 0 Å². The number of amides is 1. The number of aryl methyl sites for hydroxylation is 1. The highest BCUT2D eigenvalue weighted by molar-refractivity contribution is 5.92. The normalized spacial score (nSPS) is 20.0.